The highest BCUT2D eigenvalue weighted by atomic mass is 16.2. The van der Waals surface area contributed by atoms with Crippen LogP contribution < -0.4 is 15.5 Å². The van der Waals surface area contributed by atoms with Crippen LogP contribution in [0.1, 0.15) is 25.3 Å². The Labute approximate surface area is 153 Å². The van der Waals surface area contributed by atoms with E-state index in [0.29, 0.717) is 12.2 Å². The lowest BCUT2D eigenvalue weighted by Crippen LogP contribution is -2.35. The van der Waals surface area contributed by atoms with Crippen LogP contribution in [0.5, 0.6) is 0 Å². The molecule has 0 bridgehead atoms. The molecule has 2 heterocycles. The number of pyridine rings is 1. The number of anilines is 2. The molecule has 0 atom stereocenters. The zero-order chi connectivity index (χ0) is 18.4. The number of benzene rings is 1. The first-order valence-corrected chi connectivity index (χ1v) is 8.95. The van der Waals surface area contributed by atoms with Gasteiger partial charge in [-0.1, -0.05) is 6.92 Å². The van der Waals surface area contributed by atoms with E-state index in [0.717, 1.165) is 30.3 Å². The molecule has 1 aliphatic rings. The molecule has 2 N–H and O–H groups in total. The van der Waals surface area contributed by atoms with Crippen LogP contribution in [0, 0.1) is 5.92 Å². The third-order valence-corrected chi connectivity index (χ3v) is 4.68. The fourth-order valence-corrected chi connectivity index (χ4v) is 2.97. The van der Waals surface area contributed by atoms with Gasteiger partial charge in [-0.15, -0.1) is 0 Å². The Kier molecular flexibility index (Phi) is 5.84. The first kappa shape index (κ1) is 17.9. The lowest BCUT2D eigenvalue weighted by atomic mass is 9.99. The van der Waals surface area contributed by atoms with Gasteiger partial charge in [-0.25, -0.2) is 0 Å². The van der Waals surface area contributed by atoms with Gasteiger partial charge in [0.25, 0.3) is 0 Å². The maximum atomic E-state index is 12.0. The fraction of sp³-hybridized carbons (Fsp3) is 0.350. The molecule has 0 aliphatic carbocycles. The number of aromatic nitrogens is 1. The van der Waals surface area contributed by atoms with E-state index in [9.17, 15) is 9.59 Å². The summed E-state index contributed by atoms with van der Waals surface area (Å²) in [6.45, 7) is 4.70. The highest BCUT2D eigenvalue weighted by Crippen LogP contribution is 2.24. The van der Waals surface area contributed by atoms with Crippen molar-refractivity contribution in [3.8, 4) is 0 Å². The molecule has 0 unspecified atom stereocenters. The van der Waals surface area contributed by atoms with E-state index in [2.05, 4.69) is 27.4 Å². The van der Waals surface area contributed by atoms with E-state index in [4.69, 9.17) is 0 Å². The summed E-state index contributed by atoms with van der Waals surface area (Å²) < 4.78 is 0. The molecule has 2 amide bonds. The summed E-state index contributed by atoms with van der Waals surface area (Å²) in [6, 6.07) is 11.2. The van der Waals surface area contributed by atoms with Gasteiger partial charge < -0.3 is 15.5 Å². The second-order valence-electron chi connectivity index (χ2n) is 6.71. The predicted octanol–water partition coefficient (Wildman–Crippen LogP) is 2.57. The van der Waals surface area contributed by atoms with E-state index >= 15 is 0 Å². The molecular weight excluding hydrogens is 328 g/mol. The van der Waals surface area contributed by atoms with Gasteiger partial charge in [0.2, 0.25) is 0 Å². The molecule has 3 rings (SSSR count). The van der Waals surface area contributed by atoms with Crippen LogP contribution in [0.3, 0.4) is 0 Å². The maximum absolute atomic E-state index is 12.0. The summed E-state index contributed by atoms with van der Waals surface area (Å²) in [5.41, 5.74) is 2.65. The third-order valence-electron chi connectivity index (χ3n) is 4.68. The first-order valence-electron chi connectivity index (χ1n) is 8.95. The van der Waals surface area contributed by atoms with E-state index in [1.807, 2.05) is 24.3 Å². The molecule has 1 aliphatic heterocycles. The van der Waals surface area contributed by atoms with Crippen molar-refractivity contribution >= 4 is 23.2 Å². The Morgan fingerprint density at radius 2 is 1.69 bits per heavy atom. The average Bonchev–Trinajstić information content (AvgIpc) is 2.68. The highest BCUT2D eigenvalue weighted by molar-refractivity contribution is 6.39. The van der Waals surface area contributed by atoms with Gasteiger partial charge in [0.05, 0.1) is 0 Å². The quantitative estimate of drug-likeness (QED) is 0.830. The van der Waals surface area contributed by atoms with Crippen molar-refractivity contribution in [1.82, 2.24) is 10.3 Å². The van der Waals surface area contributed by atoms with E-state index < -0.39 is 11.8 Å². The minimum absolute atomic E-state index is 0.293. The van der Waals surface area contributed by atoms with Crippen LogP contribution in [0.2, 0.25) is 0 Å². The molecule has 1 aromatic heterocycles. The smallest absolute Gasteiger partial charge is 0.313 e. The zero-order valence-corrected chi connectivity index (χ0v) is 14.9. The molecule has 136 valence electrons. The second kappa shape index (κ2) is 8.47. The van der Waals surface area contributed by atoms with Gasteiger partial charge in [0.1, 0.15) is 0 Å². The maximum Gasteiger partial charge on any atom is 0.313 e. The Morgan fingerprint density at radius 1 is 1.04 bits per heavy atom. The molecular formula is C20H24N4O2. The summed E-state index contributed by atoms with van der Waals surface area (Å²) in [6.07, 6.45) is 5.70. The van der Waals surface area contributed by atoms with Crippen molar-refractivity contribution in [2.75, 3.05) is 23.3 Å². The molecule has 2 aromatic rings. The van der Waals surface area contributed by atoms with Crippen LogP contribution in [-0.2, 0) is 16.1 Å². The third kappa shape index (κ3) is 4.81. The number of hydrogen-bond acceptors (Lipinski definition) is 4. The summed E-state index contributed by atoms with van der Waals surface area (Å²) in [7, 11) is 0. The molecule has 26 heavy (non-hydrogen) atoms. The van der Waals surface area contributed by atoms with Crippen molar-refractivity contribution < 1.29 is 9.59 Å². The van der Waals surface area contributed by atoms with Crippen LogP contribution >= 0.6 is 0 Å². The number of rotatable bonds is 4. The average molecular weight is 352 g/mol. The van der Waals surface area contributed by atoms with E-state index in [1.165, 1.54) is 12.8 Å². The minimum Gasteiger partial charge on any atom is -0.372 e. The van der Waals surface area contributed by atoms with Crippen LogP contribution in [0.15, 0.2) is 48.8 Å². The SMILES string of the molecule is CC1CCN(c2ccc(NC(=O)C(=O)NCc3ccncc3)cc2)CC1. The van der Waals surface area contributed by atoms with E-state index in [-0.39, 0.29) is 0 Å². The van der Waals surface area contributed by atoms with Gasteiger partial charge in [0, 0.05) is 43.4 Å². The second-order valence-corrected chi connectivity index (χ2v) is 6.71. The topological polar surface area (TPSA) is 74.3 Å². The molecule has 1 aromatic carbocycles. The summed E-state index contributed by atoms with van der Waals surface area (Å²) in [4.78, 5) is 30.2. The number of amides is 2. The van der Waals surface area contributed by atoms with Crippen molar-refractivity contribution in [2.24, 2.45) is 5.92 Å². The first-order chi connectivity index (χ1) is 12.6. The molecule has 0 saturated carbocycles. The summed E-state index contributed by atoms with van der Waals surface area (Å²) >= 11 is 0. The molecule has 0 radical (unpaired) electrons. The number of nitrogens with one attached hydrogen (secondary N) is 2. The molecule has 1 fully saturated rings. The van der Waals surface area contributed by atoms with Crippen LogP contribution in [-0.4, -0.2) is 29.9 Å². The van der Waals surface area contributed by atoms with Crippen LogP contribution in [0.25, 0.3) is 0 Å². The van der Waals surface area contributed by atoms with Gasteiger partial charge in [0.15, 0.2) is 0 Å². The molecule has 6 nitrogen and oxygen atoms in total. The lowest BCUT2D eigenvalue weighted by Gasteiger charge is -2.32. The highest BCUT2D eigenvalue weighted by Gasteiger charge is 2.17. The van der Waals surface area contributed by atoms with Crippen molar-refractivity contribution in [3.63, 3.8) is 0 Å². The number of nitrogens with zero attached hydrogens (tertiary/aromatic N) is 2. The van der Waals surface area contributed by atoms with Crippen molar-refractivity contribution in [2.45, 2.75) is 26.3 Å². The Hall–Kier alpha value is -2.89. The Balaban J connectivity index is 1.50. The summed E-state index contributed by atoms with van der Waals surface area (Å²) in [5, 5.41) is 5.23. The van der Waals surface area contributed by atoms with Gasteiger partial charge in [-0.3, -0.25) is 14.6 Å². The summed E-state index contributed by atoms with van der Waals surface area (Å²) in [5.74, 6) is -0.537. The Morgan fingerprint density at radius 3 is 2.35 bits per heavy atom. The number of carbonyl (C=O) groups is 2. The zero-order valence-electron chi connectivity index (χ0n) is 14.9. The normalized spacial score (nSPS) is 14.7. The van der Waals surface area contributed by atoms with Crippen molar-refractivity contribution in [3.05, 3.63) is 54.4 Å². The number of piperidine rings is 1. The minimum atomic E-state index is -0.668. The van der Waals surface area contributed by atoms with Gasteiger partial charge in [-0.2, -0.15) is 0 Å². The van der Waals surface area contributed by atoms with Crippen molar-refractivity contribution in [1.29, 1.82) is 0 Å². The largest absolute Gasteiger partial charge is 0.372 e. The Bertz CT molecular complexity index is 738. The molecule has 6 heteroatoms. The monoisotopic (exact) mass is 352 g/mol. The lowest BCUT2D eigenvalue weighted by molar-refractivity contribution is -0.136. The number of hydrogen-bond donors (Lipinski definition) is 2. The van der Waals surface area contributed by atoms with Gasteiger partial charge >= 0.3 is 11.8 Å². The van der Waals surface area contributed by atoms with Crippen LogP contribution in [0.4, 0.5) is 11.4 Å². The van der Waals surface area contributed by atoms with E-state index in [1.54, 1.807) is 24.5 Å². The fourth-order valence-electron chi connectivity index (χ4n) is 2.97. The standard InChI is InChI=1S/C20H24N4O2/c1-15-8-12-24(13-9-15)18-4-2-17(3-5-18)23-20(26)19(25)22-14-16-6-10-21-11-7-16/h2-7,10-11,15H,8-9,12-14H2,1H3,(H,22,25)(H,23,26). The predicted molar refractivity (Wildman–Crippen MR) is 102 cm³/mol. The molecule has 0 spiro atoms. The number of carbonyl (C=O) groups excluding carboxylic acids is 2. The molecule has 1 saturated heterocycles. The van der Waals surface area contributed by atoms with Gasteiger partial charge in [-0.05, 0) is 60.7 Å².